The maximum absolute atomic E-state index is 3.03. The van der Waals surface area contributed by atoms with Gasteiger partial charge < -0.3 is 5.32 Å². The summed E-state index contributed by atoms with van der Waals surface area (Å²) in [5.74, 6) is 0. The molecular weight excluding hydrogens is 110 g/mol. The monoisotopic (exact) mass is 133 g/mol. The highest BCUT2D eigenvalue weighted by Gasteiger charge is 1.76. The van der Waals surface area contributed by atoms with Gasteiger partial charge in [-0.3, -0.25) is 0 Å². The zero-order valence-corrected chi connectivity index (χ0v) is 6.78. The normalized spacial score (nSPS) is 7.33. The van der Waals surface area contributed by atoms with Crippen LogP contribution in [0, 0.1) is 0 Å². The first-order valence-electron chi connectivity index (χ1n) is 3.36. The molecule has 0 bridgehead atoms. The van der Waals surface area contributed by atoms with Crippen molar-refractivity contribution in [2.24, 2.45) is 0 Å². The third kappa shape index (κ3) is 73.6. The van der Waals surface area contributed by atoms with Crippen molar-refractivity contribution >= 4 is 0 Å². The molecule has 0 aromatic rings. The van der Waals surface area contributed by atoms with Gasteiger partial charge in [-0.05, 0) is 7.05 Å². The molecule has 0 aliphatic rings. The molecule has 0 atom stereocenters. The first-order chi connectivity index (χ1) is 3.68. The molecule has 9 heavy (non-hydrogen) atoms. The molecule has 1 heteroatoms. The standard InChI is InChI=1S/C4H11N.C3H8.CH4/c1-4(2)5-3;1-3-2;/h4-5H,1-3H3;3H2,1-2H3;1H4. The fraction of sp³-hybridized carbons (Fsp3) is 1.00. The number of hydrogen-bond donors (Lipinski definition) is 1. The van der Waals surface area contributed by atoms with Crippen molar-refractivity contribution in [1.29, 1.82) is 0 Å². The Kier molecular flexibility index (Phi) is 27.8. The molecular formula is C8H23N. The molecule has 0 aliphatic carbocycles. The van der Waals surface area contributed by atoms with Crippen LogP contribution in [0.3, 0.4) is 0 Å². The molecule has 0 heterocycles. The van der Waals surface area contributed by atoms with Crippen molar-refractivity contribution in [3.8, 4) is 0 Å². The summed E-state index contributed by atoms with van der Waals surface area (Å²) in [6.45, 7) is 8.47. The summed E-state index contributed by atoms with van der Waals surface area (Å²) in [5, 5.41) is 3.03. The van der Waals surface area contributed by atoms with Crippen LogP contribution < -0.4 is 5.32 Å². The number of nitrogens with one attached hydrogen (secondary N) is 1. The second-order valence-electron chi connectivity index (χ2n) is 2.15. The molecule has 0 saturated heterocycles. The van der Waals surface area contributed by atoms with E-state index in [1.54, 1.807) is 0 Å². The Bertz CT molecular complexity index is 25.7. The van der Waals surface area contributed by atoms with Crippen molar-refractivity contribution in [3.63, 3.8) is 0 Å². The molecule has 0 aromatic carbocycles. The average molecular weight is 133 g/mol. The van der Waals surface area contributed by atoms with E-state index in [4.69, 9.17) is 0 Å². The van der Waals surface area contributed by atoms with E-state index in [1.807, 2.05) is 7.05 Å². The van der Waals surface area contributed by atoms with E-state index in [0.717, 1.165) is 0 Å². The molecule has 0 fully saturated rings. The zero-order chi connectivity index (χ0) is 6.99. The van der Waals surface area contributed by atoms with E-state index in [-0.39, 0.29) is 7.43 Å². The zero-order valence-electron chi connectivity index (χ0n) is 6.78. The van der Waals surface area contributed by atoms with Crippen LogP contribution in [0.4, 0.5) is 0 Å². The summed E-state index contributed by atoms with van der Waals surface area (Å²) < 4.78 is 0. The highest BCUT2D eigenvalue weighted by Crippen LogP contribution is 1.66. The smallest absolute Gasteiger partial charge is 0.000733 e. The average Bonchev–Trinajstić information content (AvgIpc) is 1.69. The van der Waals surface area contributed by atoms with Gasteiger partial charge in [-0.15, -0.1) is 0 Å². The van der Waals surface area contributed by atoms with Gasteiger partial charge in [0.15, 0.2) is 0 Å². The van der Waals surface area contributed by atoms with E-state index in [2.05, 4.69) is 33.0 Å². The van der Waals surface area contributed by atoms with Crippen LogP contribution in [0.2, 0.25) is 0 Å². The van der Waals surface area contributed by atoms with Gasteiger partial charge >= 0.3 is 0 Å². The van der Waals surface area contributed by atoms with Gasteiger partial charge in [-0.25, -0.2) is 0 Å². The predicted octanol–water partition coefficient (Wildman–Crippen LogP) is 2.67. The number of hydrogen-bond acceptors (Lipinski definition) is 1. The Morgan fingerprint density at radius 2 is 1.33 bits per heavy atom. The van der Waals surface area contributed by atoms with Crippen molar-refractivity contribution in [1.82, 2.24) is 5.32 Å². The molecule has 0 unspecified atom stereocenters. The summed E-state index contributed by atoms with van der Waals surface area (Å²) in [6.07, 6.45) is 1.25. The maximum atomic E-state index is 3.03. The molecule has 0 spiro atoms. The third-order valence-corrected chi connectivity index (χ3v) is 0.577. The van der Waals surface area contributed by atoms with Gasteiger partial charge in [0.05, 0.1) is 0 Å². The Balaban J connectivity index is -0.0000000800. The number of rotatable bonds is 1. The third-order valence-electron chi connectivity index (χ3n) is 0.577. The second kappa shape index (κ2) is 15.7. The Morgan fingerprint density at radius 1 is 1.22 bits per heavy atom. The van der Waals surface area contributed by atoms with E-state index in [9.17, 15) is 0 Å². The molecule has 60 valence electrons. The fourth-order valence-corrected chi connectivity index (χ4v) is 0. The van der Waals surface area contributed by atoms with Crippen molar-refractivity contribution in [2.45, 2.75) is 47.6 Å². The molecule has 0 rings (SSSR count). The fourth-order valence-electron chi connectivity index (χ4n) is 0. The lowest BCUT2D eigenvalue weighted by Crippen LogP contribution is -2.15. The van der Waals surface area contributed by atoms with Crippen LogP contribution in [0.5, 0.6) is 0 Å². The topological polar surface area (TPSA) is 12.0 Å². The molecule has 0 amide bonds. The summed E-state index contributed by atoms with van der Waals surface area (Å²) in [7, 11) is 1.95. The molecule has 1 N–H and O–H groups in total. The van der Waals surface area contributed by atoms with Gasteiger partial charge in [-0.2, -0.15) is 0 Å². The highest BCUT2D eigenvalue weighted by atomic mass is 14.8. The van der Waals surface area contributed by atoms with Crippen molar-refractivity contribution in [2.75, 3.05) is 7.05 Å². The predicted molar refractivity (Wildman–Crippen MR) is 46.9 cm³/mol. The summed E-state index contributed by atoms with van der Waals surface area (Å²) >= 11 is 0. The summed E-state index contributed by atoms with van der Waals surface area (Å²) in [5.41, 5.74) is 0. The summed E-state index contributed by atoms with van der Waals surface area (Å²) in [6, 6.07) is 0.634. The first-order valence-corrected chi connectivity index (χ1v) is 3.36. The highest BCUT2D eigenvalue weighted by molar-refractivity contribution is 4.40. The lowest BCUT2D eigenvalue weighted by atomic mass is 10.4. The largest absolute Gasteiger partial charge is 0.318 e. The summed E-state index contributed by atoms with van der Waals surface area (Å²) in [4.78, 5) is 0. The van der Waals surface area contributed by atoms with E-state index >= 15 is 0 Å². The van der Waals surface area contributed by atoms with Crippen molar-refractivity contribution in [3.05, 3.63) is 0 Å². The van der Waals surface area contributed by atoms with Crippen LogP contribution in [-0.4, -0.2) is 13.1 Å². The maximum Gasteiger partial charge on any atom is 0.000733 e. The minimum Gasteiger partial charge on any atom is -0.318 e. The quantitative estimate of drug-likeness (QED) is 0.580. The van der Waals surface area contributed by atoms with Crippen LogP contribution in [0.15, 0.2) is 0 Å². The SMILES string of the molecule is C.CCC.CNC(C)C. The van der Waals surface area contributed by atoms with Gasteiger partial charge in [0.25, 0.3) is 0 Å². The van der Waals surface area contributed by atoms with Gasteiger partial charge in [-0.1, -0.05) is 41.5 Å². The van der Waals surface area contributed by atoms with Crippen molar-refractivity contribution < 1.29 is 0 Å². The van der Waals surface area contributed by atoms with Crippen LogP contribution >= 0.6 is 0 Å². The molecule has 1 nitrogen and oxygen atoms in total. The second-order valence-corrected chi connectivity index (χ2v) is 2.15. The van der Waals surface area contributed by atoms with E-state index in [1.165, 1.54) is 6.42 Å². The van der Waals surface area contributed by atoms with Crippen LogP contribution in [-0.2, 0) is 0 Å². The molecule has 0 saturated carbocycles. The Morgan fingerprint density at radius 3 is 1.33 bits per heavy atom. The lowest BCUT2D eigenvalue weighted by Gasteiger charge is -1.95. The Hall–Kier alpha value is -0.0400. The minimum atomic E-state index is 0. The van der Waals surface area contributed by atoms with Crippen LogP contribution in [0.25, 0.3) is 0 Å². The Labute approximate surface area is 60.9 Å². The first kappa shape index (κ1) is 16.0. The van der Waals surface area contributed by atoms with Gasteiger partial charge in [0, 0.05) is 6.04 Å². The van der Waals surface area contributed by atoms with E-state index in [0.29, 0.717) is 6.04 Å². The van der Waals surface area contributed by atoms with Gasteiger partial charge in [0.2, 0.25) is 0 Å². The molecule has 0 radical (unpaired) electrons. The van der Waals surface area contributed by atoms with Gasteiger partial charge in [0.1, 0.15) is 0 Å². The van der Waals surface area contributed by atoms with Crippen LogP contribution in [0.1, 0.15) is 41.5 Å². The molecule has 0 aromatic heterocycles. The lowest BCUT2D eigenvalue weighted by molar-refractivity contribution is 0.668. The minimum absolute atomic E-state index is 0. The van der Waals surface area contributed by atoms with E-state index < -0.39 is 0 Å². The molecule has 0 aliphatic heterocycles.